The Morgan fingerprint density at radius 3 is 2.32 bits per heavy atom. The lowest BCUT2D eigenvalue weighted by Crippen LogP contribution is -2.24. The van der Waals surface area contributed by atoms with Crippen molar-refractivity contribution in [2.24, 2.45) is 0 Å². The quantitative estimate of drug-likeness (QED) is 0.786. The molecule has 2 aromatic rings. The van der Waals surface area contributed by atoms with Crippen LogP contribution in [0.25, 0.3) is 0 Å². The summed E-state index contributed by atoms with van der Waals surface area (Å²) in [6.45, 7) is 1.86. The number of alkyl carbamates (subject to hydrolysis) is 1. The van der Waals surface area contributed by atoms with Gasteiger partial charge >= 0.3 is 6.09 Å². The Bertz CT molecular complexity index is 649. The van der Waals surface area contributed by atoms with Crippen molar-refractivity contribution in [3.63, 3.8) is 0 Å². The lowest BCUT2D eigenvalue weighted by atomic mass is 10.2. The van der Waals surface area contributed by atoms with Gasteiger partial charge in [-0.05, 0) is 17.7 Å². The van der Waals surface area contributed by atoms with Crippen LogP contribution in [0.2, 0.25) is 0 Å². The molecule has 4 nitrogen and oxygen atoms in total. The number of carbonyl (C=O) groups excluding carboxylic acids is 1. The Hall–Kier alpha value is -1.71. The molecule has 6 heteroatoms. The smallest absolute Gasteiger partial charge is 0.407 e. The predicted octanol–water partition coefficient (Wildman–Crippen LogP) is 4.57. The van der Waals surface area contributed by atoms with Crippen LogP contribution in [0, 0.1) is 0 Å². The molecule has 0 bridgehead atoms. The third-order valence-corrected chi connectivity index (χ3v) is 6.55. The first kappa shape index (κ1) is 16.7. The summed E-state index contributed by atoms with van der Waals surface area (Å²) in [5, 5.41) is 2.57. The molecule has 22 heavy (non-hydrogen) atoms. The Morgan fingerprint density at radius 1 is 1.09 bits per heavy atom. The predicted molar refractivity (Wildman–Crippen MR) is 90.5 cm³/mol. The summed E-state index contributed by atoms with van der Waals surface area (Å²) in [5.41, 5.74) is 0.913. The van der Waals surface area contributed by atoms with Crippen LogP contribution in [0.1, 0.15) is 5.56 Å². The third-order valence-electron chi connectivity index (χ3n) is 2.77. The molecule has 0 heterocycles. The number of rotatable bonds is 6. The van der Waals surface area contributed by atoms with Crippen LogP contribution >= 0.6 is 17.7 Å². The molecule has 1 atom stereocenters. The zero-order chi connectivity index (χ0) is 15.8. The molecule has 1 unspecified atom stereocenters. The molecule has 2 rings (SSSR count). The van der Waals surface area contributed by atoms with Crippen molar-refractivity contribution in [2.75, 3.05) is 13.0 Å². The van der Waals surface area contributed by atoms with Gasteiger partial charge in [-0.15, -0.1) is 0 Å². The van der Waals surface area contributed by atoms with Crippen LogP contribution < -0.4 is 5.32 Å². The number of benzene rings is 2. The molecule has 0 aromatic heterocycles. The Morgan fingerprint density at radius 2 is 1.68 bits per heavy atom. The van der Waals surface area contributed by atoms with Crippen LogP contribution in [-0.2, 0) is 15.9 Å². The summed E-state index contributed by atoms with van der Waals surface area (Å²) in [6.07, 6.45) is -3.02. The van der Waals surface area contributed by atoms with Gasteiger partial charge in [0.05, 0.1) is 6.29 Å². The normalized spacial score (nSPS) is 13.1. The van der Waals surface area contributed by atoms with E-state index in [9.17, 15) is 9.36 Å². The van der Waals surface area contributed by atoms with Crippen molar-refractivity contribution in [1.82, 2.24) is 5.32 Å². The first-order valence-electron chi connectivity index (χ1n) is 6.81. The molecule has 2 aromatic carbocycles. The summed E-state index contributed by atoms with van der Waals surface area (Å²) >= 11 is 1.29. The van der Waals surface area contributed by atoms with E-state index in [1.54, 1.807) is 6.66 Å². The van der Waals surface area contributed by atoms with E-state index < -0.39 is 12.4 Å². The Balaban J connectivity index is 1.76. The second-order valence-electron chi connectivity index (χ2n) is 4.82. The van der Waals surface area contributed by atoms with E-state index in [1.165, 1.54) is 11.4 Å². The van der Waals surface area contributed by atoms with Crippen LogP contribution in [0.4, 0.5) is 4.79 Å². The molecule has 116 valence electrons. The number of ether oxygens (including phenoxy) is 1. The average molecular weight is 335 g/mol. The summed E-state index contributed by atoms with van der Waals surface area (Å²) in [4.78, 5) is 12.6. The third kappa shape index (κ3) is 5.96. The molecule has 0 aliphatic heterocycles. The molecule has 0 saturated carbocycles. The van der Waals surface area contributed by atoms with Crippen molar-refractivity contribution < 1.29 is 14.1 Å². The Labute approximate surface area is 134 Å². The van der Waals surface area contributed by atoms with Gasteiger partial charge in [0, 0.05) is 11.6 Å². The minimum absolute atomic E-state index is 0.0974. The fourth-order valence-electron chi connectivity index (χ4n) is 1.72. The van der Waals surface area contributed by atoms with E-state index in [0.29, 0.717) is 0 Å². The second kappa shape index (κ2) is 8.06. The summed E-state index contributed by atoms with van der Waals surface area (Å²) in [7, 11) is 0. The largest absolute Gasteiger partial charge is 0.445 e. The molecule has 0 saturated heterocycles. The van der Waals surface area contributed by atoms with Crippen molar-refractivity contribution in [2.45, 2.75) is 11.5 Å². The van der Waals surface area contributed by atoms with E-state index in [0.717, 1.165) is 10.5 Å². The minimum atomic E-state index is -2.56. The van der Waals surface area contributed by atoms with Crippen LogP contribution in [0.3, 0.4) is 0 Å². The summed E-state index contributed by atoms with van der Waals surface area (Å²) in [5.74, 6) is 0. The van der Waals surface area contributed by atoms with E-state index in [1.807, 2.05) is 60.7 Å². The number of carbonyl (C=O) groups is 1. The van der Waals surface area contributed by atoms with Crippen molar-refractivity contribution in [3.8, 4) is 0 Å². The Kier molecular flexibility index (Phi) is 6.10. The molecule has 0 fully saturated rings. The molecular weight excluding hydrogens is 317 g/mol. The number of hydrogen-bond acceptors (Lipinski definition) is 4. The molecule has 0 aliphatic rings. The zero-order valence-electron chi connectivity index (χ0n) is 12.3. The van der Waals surface area contributed by atoms with Gasteiger partial charge in [0.15, 0.2) is 6.34 Å². The highest BCUT2D eigenvalue weighted by molar-refractivity contribution is 8.57. The maximum Gasteiger partial charge on any atom is 0.407 e. The molecule has 1 amide bonds. The zero-order valence-corrected chi connectivity index (χ0v) is 14.0. The lowest BCUT2D eigenvalue weighted by molar-refractivity contribution is 0.141. The SMILES string of the molecule is CP(=O)(CNC(=O)OCc1ccccc1)Sc1ccccc1. The molecule has 0 spiro atoms. The van der Waals surface area contributed by atoms with Gasteiger partial charge in [-0.1, -0.05) is 59.9 Å². The van der Waals surface area contributed by atoms with Gasteiger partial charge in [0.2, 0.25) is 0 Å². The topological polar surface area (TPSA) is 55.4 Å². The maximum atomic E-state index is 12.5. The van der Waals surface area contributed by atoms with Gasteiger partial charge in [-0.2, -0.15) is 0 Å². The van der Waals surface area contributed by atoms with Crippen molar-refractivity contribution >= 4 is 23.8 Å². The number of hydrogen-bond donors (Lipinski definition) is 1. The first-order valence-corrected chi connectivity index (χ1v) is 10.6. The van der Waals surface area contributed by atoms with E-state index in [4.69, 9.17) is 4.74 Å². The van der Waals surface area contributed by atoms with Gasteiger partial charge in [-0.3, -0.25) is 0 Å². The highest BCUT2D eigenvalue weighted by Crippen LogP contribution is 2.57. The fourth-order valence-corrected chi connectivity index (χ4v) is 5.01. The van der Waals surface area contributed by atoms with Gasteiger partial charge < -0.3 is 14.6 Å². The average Bonchev–Trinajstić information content (AvgIpc) is 2.53. The number of nitrogens with one attached hydrogen (secondary N) is 1. The highest BCUT2D eigenvalue weighted by Gasteiger charge is 2.18. The maximum absolute atomic E-state index is 12.5. The van der Waals surface area contributed by atoms with E-state index >= 15 is 0 Å². The van der Waals surface area contributed by atoms with E-state index in [-0.39, 0.29) is 12.9 Å². The fraction of sp³-hybridized carbons (Fsp3) is 0.188. The minimum Gasteiger partial charge on any atom is -0.445 e. The number of amides is 1. The van der Waals surface area contributed by atoms with Crippen molar-refractivity contribution in [1.29, 1.82) is 0 Å². The van der Waals surface area contributed by atoms with Crippen LogP contribution in [-0.4, -0.2) is 19.0 Å². The molecular formula is C16H18NO3PS. The summed E-state index contributed by atoms with van der Waals surface area (Å²) < 4.78 is 17.5. The van der Waals surface area contributed by atoms with Crippen molar-refractivity contribution in [3.05, 3.63) is 66.2 Å². The first-order chi connectivity index (χ1) is 10.6. The molecule has 1 N–H and O–H groups in total. The van der Waals surface area contributed by atoms with Crippen LogP contribution in [0.5, 0.6) is 0 Å². The molecule has 0 aliphatic carbocycles. The highest BCUT2D eigenvalue weighted by atomic mass is 32.7. The lowest BCUT2D eigenvalue weighted by Gasteiger charge is -2.13. The standard InChI is InChI=1S/C16H18NO3PS/c1-21(19,22-15-10-6-3-7-11-15)13-17-16(18)20-12-14-8-4-2-5-9-14/h2-11H,12-13H2,1H3,(H,17,18). The second-order valence-corrected chi connectivity index (χ2v) is 10.7. The van der Waals surface area contributed by atoms with Gasteiger partial charge in [0.25, 0.3) is 0 Å². The van der Waals surface area contributed by atoms with Crippen LogP contribution in [0.15, 0.2) is 65.6 Å². The summed E-state index contributed by atoms with van der Waals surface area (Å²) in [6, 6.07) is 18.9. The monoisotopic (exact) mass is 335 g/mol. The molecule has 0 radical (unpaired) electrons. The van der Waals surface area contributed by atoms with Gasteiger partial charge in [0.1, 0.15) is 6.61 Å². The van der Waals surface area contributed by atoms with E-state index in [2.05, 4.69) is 5.32 Å². The van der Waals surface area contributed by atoms with Gasteiger partial charge in [-0.25, -0.2) is 4.79 Å².